The fraction of sp³-hybridized carbons (Fsp3) is 0.900. The number of hydrogen-bond acceptors (Lipinski definition) is 2. The van der Waals surface area contributed by atoms with Gasteiger partial charge in [0.25, 0.3) is 0 Å². The highest BCUT2D eigenvalue weighted by molar-refractivity contribution is 5.77. The van der Waals surface area contributed by atoms with Gasteiger partial charge in [-0.3, -0.25) is 4.79 Å². The van der Waals surface area contributed by atoms with Gasteiger partial charge in [-0.05, 0) is 17.8 Å². The first-order valence-electron chi connectivity index (χ1n) is 4.68. The fourth-order valence-corrected chi connectivity index (χ4v) is 1.69. The van der Waals surface area contributed by atoms with Gasteiger partial charge in [0.2, 0.25) is 0 Å². The Morgan fingerprint density at radius 1 is 1.50 bits per heavy atom. The van der Waals surface area contributed by atoms with E-state index in [1.54, 1.807) is 0 Å². The Morgan fingerprint density at radius 3 is 2.33 bits per heavy atom. The van der Waals surface area contributed by atoms with Crippen molar-refractivity contribution < 1.29 is 9.53 Å². The van der Waals surface area contributed by atoms with E-state index in [4.69, 9.17) is 4.74 Å². The molecule has 0 heterocycles. The van der Waals surface area contributed by atoms with E-state index in [0.29, 0.717) is 12.5 Å². The van der Waals surface area contributed by atoms with Crippen molar-refractivity contribution >= 4 is 5.97 Å². The standard InChI is InChI=1S/C10H18O2/c1-5-6-12-9(11)8-7(2)10(8,3)4/h7-8H,5-6H2,1-4H3. The second kappa shape index (κ2) is 3.08. The van der Waals surface area contributed by atoms with Crippen LogP contribution in [-0.4, -0.2) is 12.6 Å². The lowest BCUT2D eigenvalue weighted by Gasteiger charge is -2.03. The molecule has 1 fully saturated rings. The third kappa shape index (κ3) is 1.47. The summed E-state index contributed by atoms with van der Waals surface area (Å²) in [5, 5.41) is 0. The first-order chi connectivity index (χ1) is 5.51. The van der Waals surface area contributed by atoms with Crippen LogP contribution >= 0.6 is 0 Å². The zero-order valence-corrected chi connectivity index (χ0v) is 8.39. The Bertz CT molecular complexity index is 184. The highest BCUT2D eigenvalue weighted by Crippen LogP contribution is 2.58. The molecule has 0 radical (unpaired) electrons. The van der Waals surface area contributed by atoms with E-state index in [1.807, 2.05) is 6.92 Å². The van der Waals surface area contributed by atoms with Crippen LogP contribution in [0.4, 0.5) is 0 Å². The van der Waals surface area contributed by atoms with Crippen LogP contribution in [0.3, 0.4) is 0 Å². The highest BCUT2D eigenvalue weighted by Gasteiger charge is 2.59. The van der Waals surface area contributed by atoms with Crippen LogP contribution in [0, 0.1) is 17.3 Å². The molecular weight excluding hydrogens is 152 g/mol. The molecule has 0 aromatic heterocycles. The zero-order valence-electron chi connectivity index (χ0n) is 8.39. The summed E-state index contributed by atoms with van der Waals surface area (Å²) in [6.45, 7) is 8.93. The van der Waals surface area contributed by atoms with E-state index in [1.165, 1.54) is 0 Å². The number of carbonyl (C=O) groups is 1. The summed E-state index contributed by atoms with van der Waals surface area (Å²) in [6.07, 6.45) is 0.910. The van der Waals surface area contributed by atoms with Gasteiger partial charge in [0, 0.05) is 0 Å². The minimum atomic E-state index is -0.00523. The Kier molecular flexibility index (Phi) is 2.45. The summed E-state index contributed by atoms with van der Waals surface area (Å²) in [7, 11) is 0. The van der Waals surface area contributed by atoms with Crippen LogP contribution in [0.2, 0.25) is 0 Å². The van der Waals surface area contributed by atoms with Gasteiger partial charge in [0.15, 0.2) is 0 Å². The maximum atomic E-state index is 11.4. The number of hydrogen-bond donors (Lipinski definition) is 0. The van der Waals surface area contributed by atoms with Crippen LogP contribution in [0.15, 0.2) is 0 Å². The Labute approximate surface area is 74.3 Å². The molecule has 2 atom stereocenters. The minimum absolute atomic E-state index is 0.00523. The lowest BCUT2D eigenvalue weighted by Crippen LogP contribution is -2.11. The SMILES string of the molecule is CCCOC(=O)C1C(C)C1(C)C. The normalized spacial score (nSPS) is 31.3. The fourth-order valence-electron chi connectivity index (χ4n) is 1.69. The van der Waals surface area contributed by atoms with Crippen molar-refractivity contribution in [3.8, 4) is 0 Å². The molecule has 0 saturated heterocycles. The van der Waals surface area contributed by atoms with Crippen molar-refractivity contribution in [2.75, 3.05) is 6.61 Å². The monoisotopic (exact) mass is 170 g/mol. The van der Waals surface area contributed by atoms with Gasteiger partial charge in [0.1, 0.15) is 0 Å². The van der Waals surface area contributed by atoms with Crippen molar-refractivity contribution in [3.05, 3.63) is 0 Å². The molecule has 2 unspecified atom stereocenters. The topological polar surface area (TPSA) is 26.3 Å². The molecule has 0 aromatic rings. The predicted molar refractivity (Wildman–Crippen MR) is 47.7 cm³/mol. The minimum Gasteiger partial charge on any atom is -0.465 e. The molecule has 12 heavy (non-hydrogen) atoms. The molecule has 1 aliphatic rings. The van der Waals surface area contributed by atoms with Crippen molar-refractivity contribution in [3.63, 3.8) is 0 Å². The van der Waals surface area contributed by atoms with E-state index in [0.717, 1.165) is 6.42 Å². The highest BCUT2D eigenvalue weighted by atomic mass is 16.5. The largest absolute Gasteiger partial charge is 0.465 e. The molecule has 2 nitrogen and oxygen atoms in total. The van der Waals surface area contributed by atoms with Gasteiger partial charge in [-0.25, -0.2) is 0 Å². The molecule has 1 saturated carbocycles. The molecule has 1 aliphatic carbocycles. The number of carbonyl (C=O) groups excluding carboxylic acids is 1. The summed E-state index contributed by atoms with van der Waals surface area (Å²) < 4.78 is 5.08. The average Bonchev–Trinajstić information content (AvgIpc) is 2.47. The Hall–Kier alpha value is -0.530. The average molecular weight is 170 g/mol. The molecule has 70 valence electrons. The Balaban J connectivity index is 2.37. The van der Waals surface area contributed by atoms with Crippen molar-refractivity contribution in [2.45, 2.75) is 34.1 Å². The molecule has 0 amide bonds. The number of esters is 1. The van der Waals surface area contributed by atoms with Gasteiger partial charge in [0.05, 0.1) is 12.5 Å². The van der Waals surface area contributed by atoms with E-state index in [9.17, 15) is 4.79 Å². The summed E-state index contributed by atoms with van der Waals surface area (Å²) in [5.41, 5.74) is 0.171. The summed E-state index contributed by atoms with van der Waals surface area (Å²) >= 11 is 0. The van der Waals surface area contributed by atoms with Gasteiger partial charge in [-0.1, -0.05) is 27.7 Å². The summed E-state index contributed by atoms with van der Waals surface area (Å²) in [4.78, 5) is 11.4. The van der Waals surface area contributed by atoms with E-state index >= 15 is 0 Å². The summed E-state index contributed by atoms with van der Waals surface area (Å²) in [6, 6.07) is 0. The van der Waals surface area contributed by atoms with Crippen LogP contribution in [-0.2, 0) is 9.53 Å². The molecule has 0 aliphatic heterocycles. The lowest BCUT2D eigenvalue weighted by atomic mass is 10.1. The third-order valence-corrected chi connectivity index (χ3v) is 3.07. The maximum absolute atomic E-state index is 11.4. The first-order valence-corrected chi connectivity index (χ1v) is 4.68. The molecular formula is C10H18O2. The van der Waals surface area contributed by atoms with Crippen molar-refractivity contribution in [1.29, 1.82) is 0 Å². The molecule has 2 heteroatoms. The van der Waals surface area contributed by atoms with E-state index in [2.05, 4.69) is 20.8 Å². The predicted octanol–water partition coefficient (Wildman–Crippen LogP) is 2.23. The quantitative estimate of drug-likeness (QED) is 0.607. The maximum Gasteiger partial charge on any atom is 0.309 e. The van der Waals surface area contributed by atoms with Crippen molar-refractivity contribution in [2.24, 2.45) is 17.3 Å². The third-order valence-electron chi connectivity index (χ3n) is 3.07. The number of rotatable bonds is 3. The van der Waals surface area contributed by atoms with Crippen LogP contribution in [0.25, 0.3) is 0 Å². The first kappa shape index (κ1) is 9.56. The van der Waals surface area contributed by atoms with E-state index < -0.39 is 0 Å². The van der Waals surface area contributed by atoms with Crippen LogP contribution in [0.5, 0.6) is 0 Å². The van der Waals surface area contributed by atoms with Gasteiger partial charge in [-0.2, -0.15) is 0 Å². The van der Waals surface area contributed by atoms with Crippen molar-refractivity contribution in [1.82, 2.24) is 0 Å². The Morgan fingerprint density at radius 2 is 2.00 bits per heavy atom. The second-order valence-electron chi connectivity index (χ2n) is 4.26. The van der Waals surface area contributed by atoms with Gasteiger partial charge in [-0.15, -0.1) is 0 Å². The zero-order chi connectivity index (χ0) is 9.35. The van der Waals surface area contributed by atoms with Crippen LogP contribution in [0.1, 0.15) is 34.1 Å². The van der Waals surface area contributed by atoms with Gasteiger partial charge >= 0.3 is 5.97 Å². The molecule has 0 spiro atoms. The lowest BCUT2D eigenvalue weighted by molar-refractivity contribution is -0.146. The molecule has 0 N–H and O–H groups in total. The summed E-state index contributed by atoms with van der Waals surface area (Å²) in [5.74, 6) is 0.625. The number of ether oxygens (including phenoxy) is 1. The van der Waals surface area contributed by atoms with E-state index in [-0.39, 0.29) is 17.3 Å². The molecule has 0 bridgehead atoms. The van der Waals surface area contributed by atoms with Gasteiger partial charge < -0.3 is 4.74 Å². The molecule has 0 aromatic carbocycles. The smallest absolute Gasteiger partial charge is 0.309 e. The second-order valence-corrected chi connectivity index (χ2v) is 4.26. The molecule has 1 rings (SSSR count). The van der Waals surface area contributed by atoms with Crippen LogP contribution < -0.4 is 0 Å².